The van der Waals surface area contributed by atoms with Crippen LogP contribution in [0.5, 0.6) is 5.75 Å². The molecule has 1 fully saturated rings. The van der Waals surface area contributed by atoms with Crippen molar-refractivity contribution in [2.24, 2.45) is 0 Å². The Morgan fingerprint density at radius 2 is 1.71 bits per heavy atom. The number of anilines is 1. The summed E-state index contributed by atoms with van der Waals surface area (Å²) in [5.41, 5.74) is 6.33. The third-order valence-electron chi connectivity index (χ3n) is 6.68. The van der Waals surface area contributed by atoms with Crippen LogP contribution >= 0.6 is 0 Å². The van der Waals surface area contributed by atoms with E-state index in [0.29, 0.717) is 13.0 Å². The van der Waals surface area contributed by atoms with Gasteiger partial charge in [0.15, 0.2) is 17.7 Å². The highest BCUT2D eigenvalue weighted by molar-refractivity contribution is 7.85. The largest absolute Gasteiger partial charge is 0.494 e. The summed E-state index contributed by atoms with van der Waals surface area (Å²) in [4.78, 5) is 24.1. The van der Waals surface area contributed by atoms with Crippen molar-refractivity contribution in [2.75, 3.05) is 18.9 Å². The average Bonchev–Trinajstić information content (AvgIpc) is 3.50. The molecule has 1 aliphatic heterocycles. The highest BCUT2D eigenvalue weighted by atomic mass is 32.2. The molecule has 1 aliphatic rings. The smallest absolute Gasteiger partial charge is 0.362 e. The van der Waals surface area contributed by atoms with Gasteiger partial charge in [-0.1, -0.05) is 50.3 Å². The molecule has 5 N–H and O–H groups in total. The minimum Gasteiger partial charge on any atom is -0.494 e. The number of carbonyl (C=O) groups is 1. The summed E-state index contributed by atoms with van der Waals surface area (Å²) in [5.74, 6) is 0.317. The van der Waals surface area contributed by atoms with Crippen LogP contribution in [0, 0.1) is 0 Å². The number of imidazole rings is 1. The maximum atomic E-state index is 12.2. The number of nitrogen functional groups attached to an aromatic ring is 1. The first-order chi connectivity index (χ1) is 19.7. The Hall–Kier alpha value is -3.37. The molecule has 0 saturated carbocycles. The topological polar surface area (TPSA) is 201 Å². The summed E-state index contributed by atoms with van der Waals surface area (Å²) in [6, 6.07) is 9.69. The molecule has 0 aliphatic carbocycles. The number of benzene rings is 1. The van der Waals surface area contributed by atoms with Crippen LogP contribution in [-0.2, 0) is 24.0 Å². The van der Waals surface area contributed by atoms with Crippen molar-refractivity contribution >= 4 is 33.2 Å². The van der Waals surface area contributed by atoms with Crippen molar-refractivity contribution in [3.05, 3.63) is 43.0 Å². The van der Waals surface area contributed by atoms with Gasteiger partial charge in [0.1, 0.15) is 35.9 Å². The lowest BCUT2D eigenvalue weighted by Gasteiger charge is -2.16. The highest BCUT2D eigenvalue weighted by Gasteiger charge is 2.45. The molecule has 3 heterocycles. The number of ether oxygens (including phenoxy) is 2. The van der Waals surface area contributed by atoms with Gasteiger partial charge >= 0.3 is 10.3 Å². The van der Waals surface area contributed by atoms with E-state index in [1.54, 1.807) is 0 Å². The quantitative estimate of drug-likeness (QED) is 0.175. The number of hydrogen-bond donors (Lipinski definition) is 4. The van der Waals surface area contributed by atoms with Gasteiger partial charge in [0.2, 0.25) is 5.91 Å². The molecule has 2 aromatic heterocycles. The van der Waals surface area contributed by atoms with E-state index in [-0.39, 0.29) is 23.4 Å². The molecular formula is C26H36N6O8S. The molecule has 224 valence electrons. The van der Waals surface area contributed by atoms with E-state index in [2.05, 4.69) is 15.0 Å². The van der Waals surface area contributed by atoms with E-state index < -0.39 is 47.4 Å². The van der Waals surface area contributed by atoms with Crippen LogP contribution in [0.3, 0.4) is 0 Å². The van der Waals surface area contributed by atoms with Crippen molar-refractivity contribution in [3.63, 3.8) is 0 Å². The number of aromatic nitrogens is 4. The Kier molecular flexibility index (Phi) is 10.8. The molecule has 14 nitrogen and oxygen atoms in total. The number of fused-ring (bicyclic) bond motifs is 1. The van der Waals surface area contributed by atoms with Gasteiger partial charge in [-0.25, -0.2) is 19.7 Å². The molecule has 0 spiro atoms. The molecule has 15 heteroatoms. The Morgan fingerprint density at radius 1 is 1.00 bits per heavy atom. The molecule has 0 radical (unpaired) electrons. The van der Waals surface area contributed by atoms with Crippen molar-refractivity contribution in [2.45, 2.75) is 75.9 Å². The summed E-state index contributed by atoms with van der Waals surface area (Å²) in [7, 11) is -4.44. The van der Waals surface area contributed by atoms with E-state index in [1.165, 1.54) is 17.2 Å². The number of aliphatic hydroxyl groups excluding tert-OH is 2. The average molecular weight is 593 g/mol. The second-order valence-electron chi connectivity index (χ2n) is 9.78. The van der Waals surface area contributed by atoms with Crippen LogP contribution < -0.4 is 15.2 Å². The maximum absolute atomic E-state index is 12.2. The third kappa shape index (κ3) is 8.56. The number of rotatable bonds is 16. The second-order valence-corrected chi connectivity index (χ2v) is 11.1. The number of nitrogens with two attached hydrogens (primary N) is 1. The lowest BCUT2D eigenvalue weighted by molar-refractivity contribution is -0.119. The molecule has 4 atom stereocenters. The fourth-order valence-electron chi connectivity index (χ4n) is 4.51. The number of nitrogens with one attached hydrogen (secondary N) is 1. The molecule has 1 aromatic carbocycles. The minimum atomic E-state index is -4.44. The summed E-state index contributed by atoms with van der Waals surface area (Å²) in [5, 5.41) is 20.9. The summed E-state index contributed by atoms with van der Waals surface area (Å²) in [6.45, 7) is 0.0535. The van der Waals surface area contributed by atoms with E-state index in [4.69, 9.17) is 19.4 Å². The van der Waals surface area contributed by atoms with Gasteiger partial charge in [-0.05, 0) is 25.0 Å². The molecule has 0 unspecified atom stereocenters. The highest BCUT2D eigenvalue weighted by Crippen LogP contribution is 2.32. The summed E-state index contributed by atoms with van der Waals surface area (Å²) in [6.07, 6.45) is 3.75. The fraction of sp³-hybridized carbons (Fsp3) is 0.538. The van der Waals surface area contributed by atoms with Crippen molar-refractivity contribution in [1.82, 2.24) is 24.2 Å². The lowest BCUT2D eigenvalue weighted by atomic mass is 10.1. The Bertz CT molecular complexity index is 1370. The Labute approximate surface area is 238 Å². The summed E-state index contributed by atoms with van der Waals surface area (Å²) < 4.78 is 43.9. The second kappa shape index (κ2) is 14.5. The van der Waals surface area contributed by atoms with Gasteiger partial charge in [0.05, 0.1) is 19.5 Å². The van der Waals surface area contributed by atoms with E-state index in [1.807, 2.05) is 35.1 Å². The van der Waals surface area contributed by atoms with Crippen molar-refractivity contribution in [1.29, 1.82) is 0 Å². The zero-order valence-corrected chi connectivity index (χ0v) is 23.4. The number of carbonyl (C=O) groups excluding carboxylic acids is 1. The first-order valence-corrected chi connectivity index (χ1v) is 15.0. The van der Waals surface area contributed by atoms with Gasteiger partial charge in [-0.15, -0.1) is 0 Å². The number of amides is 1. The van der Waals surface area contributed by atoms with Gasteiger partial charge in [-0.3, -0.25) is 13.5 Å². The molecule has 4 rings (SSSR count). The van der Waals surface area contributed by atoms with Gasteiger partial charge in [-0.2, -0.15) is 8.42 Å². The van der Waals surface area contributed by atoms with Crippen LogP contribution in [-0.4, -0.2) is 75.6 Å². The number of nitrogens with zero attached hydrogens (tertiary/aromatic N) is 4. The first kappa shape index (κ1) is 30.6. The van der Waals surface area contributed by atoms with Crippen LogP contribution in [0.15, 0.2) is 43.0 Å². The summed E-state index contributed by atoms with van der Waals surface area (Å²) >= 11 is 0. The van der Waals surface area contributed by atoms with E-state index in [0.717, 1.165) is 44.3 Å². The van der Waals surface area contributed by atoms with Gasteiger partial charge in [0, 0.05) is 6.42 Å². The monoisotopic (exact) mass is 592 g/mol. The minimum absolute atomic E-state index is 0.0372. The van der Waals surface area contributed by atoms with Gasteiger partial charge in [0.25, 0.3) is 0 Å². The Balaban J connectivity index is 1.09. The number of hydrogen-bond acceptors (Lipinski definition) is 12. The number of unbranched alkanes of at least 4 members (excludes halogenated alkanes) is 6. The van der Waals surface area contributed by atoms with E-state index in [9.17, 15) is 23.4 Å². The SMILES string of the molecule is Nc1ncnc2c1ncn2[C@@H]1O[C@H](COS(=O)(=O)NC(=O)CCCCCCCCCOc2ccccc2)[C@@H](O)[C@H]1O. The molecule has 1 amide bonds. The van der Waals surface area contributed by atoms with Crippen molar-refractivity contribution in [3.8, 4) is 5.75 Å². The Morgan fingerprint density at radius 3 is 2.46 bits per heavy atom. The molecular weight excluding hydrogens is 556 g/mol. The predicted molar refractivity (Wildman–Crippen MR) is 148 cm³/mol. The molecule has 41 heavy (non-hydrogen) atoms. The number of para-hydroxylation sites is 1. The molecule has 3 aromatic rings. The first-order valence-electron chi connectivity index (χ1n) is 13.6. The number of aliphatic hydroxyl groups is 2. The van der Waals surface area contributed by atoms with Crippen LogP contribution in [0.4, 0.5) is 5.82 Å². The standard InChI is InChI=1S/C26H36N6O8S/c27-24-21-25(29-16-28-24)32(17-30-21)26-23(35)22(34)19(40-26)15-39-41(36,37)31-20(33)13-9-4-2-1-3-5-10-14-38-18-11-7-6-8-12-18/h6-8,11-12,16-17,19,22-23,26,34-35H,1-5,9-10,13-15H2,(H,31,33)(H2,27,28,29)/t19-,22-,23-,26-/m1/s1. The normalized spacial score (nSPS) is 20.8. The third-order valence-corrected chi connectivity index (χ3v) is 7.61. The van der Waals surface area contributed by atoms with Crippen molar-refractivity contribution < 1.29 is 37.1 Å². The molecule has 0 bridgehead atoms. The predicted octanol–water partition coefficient (Wildman–Crippen LogP) is 1.61. The van der Waals surface area contributed by atoms with Gasteiger partial charge < -0.3 is 25.4 Å². The fourth-order valence-corrected chi connectivity index (χ4v) is 5.26. The van der Waals surface area contributed by atoms with Crippen LogP contribution in [0.25, 0.3) is 11.2 Å². The molecule has 1 saturated heterocycles. The maximum Gasteiger partial charge on any atom is 0.362 e. The zero-order chi connectivity index (χ0) is 29.2. The lowest BCUT2D eigenvalue weighted by Crippen LogP contribution is -2.37. The van der Waals surface area contributed by atoms with Crippen LogP contribution in [0.1, 0.15) is 57.6 Å². The zero-order valence-electron chi connectivity index (χ0n) is 22.5. The van der Waals surface area contributed by atoms with Crippen LogP contribution in [0.2, 0.25) is 0 Å². The van der Waals surface area contributed by atoms with E-state index >= 15 is 0 Å².